The molecular weight excluding hydrogens is 378 g/mol. The maximum atomic E-state index is 13.5. The van der Waals surface area contributed by atoms with Crippen molar-refractivity contribution in [1.82, 2.24) is 0 Å². The Kier molecular flexibility index (Phi) is 4.74. The number of rotatable bonds is 4. The van der Waals surface area contributed by atoms with Crippen molar-refractivity contribution in [3.05, 3.63) is 44.3 Å². The Balaban J connectivity index is 2.40. The lowest BCUT2D eigenvalue weighted by Crippen LogP contribution is -2.15. The molecule has 10 heteroatoms. The van der Waals surface area contributed by atoms with Gasteiger partial charge in [0.15, 0.2) is 0 Å². The quantitative estimate of drug-likeness (QED) is 0.789. The molecule has 0 saturated heterocycles. The minimum atomic E-state index is -3.94. The Morgan fingerprint density at radius 3 is 2.52 bits per heavy atom. The maximum Gasteiger partial charge on any atom is 0.264 e. The molecule has 0 atom stereocenters. The molecule has 1 aromatic carbocycles. The molecule has 2 rings (SSSR count). The second-order valence-corrected chi connectivity index (χ2v) is 8.23. The van der Waals surface area contributed by atoms with Gasteiger partial charge in [-0.15, -0.1) is 11.3 Å². The highest BCUT2D eigenvalue weighted by atomic mass is 35.5. The van der Waals surface area contributed by atoms with Crippen molar-refractivity contribution in [3.8, 4) is 0 Å². The largest absolute Gasteiger partial charge is 0.389 e. The lowest BCUT2D eigenvalue weighted by atomic mass is 10.2. The molecule has 0 aliphatic carbocycles. The van der Waals surface area contributed by atoms with Gasteiger partial charge in [0.05, 0.1) is 4.34 Å². The molecule has 0 bridgehead atoms. The number of nitrogens with two attached hydrogens (primary N) is 1. The third-order valence-electron chi connectivity index (χ3n) is 2.40. The van der Waals surface area contributed by atoms with Gasteiger partial charge in [-0.25, -0.2) is 12.8 Å². The summed E-state index contributed by atoms with van der Waals surface area (Å²) in [5.74, 6) is -0.637. The van der Waals surface area contributed by atoms with Crippen LogP contribution in [0.4, 0.5) is 10.1 Å². The molecular formula is C11H7Cl2FN2O2S3. The number of anilines is 1. The van der Waals surface area contributed by atoms with Crippen molar-refractivity contribution >= 4 is 67.5 Å². The molecule has 1 heterocycles. The number of thiophene rings is 1. The monoisotopic (exact) mass is 384 g/mol. The van der Waals surface area contributed by atoms with E-state index in [1.54, 1.807) is 0 Å². The first kappa shape index (κ1) is 16.4. The van der Waals surface area contributed by atoms with Crippen molar-refractivity contribution in [1.29, 1.82) is 0 Å². The van der Waals surface area contributed by atoms with Crippen LogP contribution in [0.1, 0.15) is 5.56 Å². The summed E-state index contributed by atoms with van der Waals surface area (Å²) in [6, 6.07) is 4.75. The molecule has 4 nitrogen and oxygen atoms in total. The molecule has 1 aromatic heterocycles. The molecule has 2 aromatic rings. The van der Waals surface area contributed by atoms with Crippen LogP contribution in [0.5, 0.6) is 0 Å². The van der Waals surface area contributed by atoms with Gasteiger partial charge < -0.3 is 5.73 Å². The second kappa shape index (κ2) is 6.05. The van der Waals surface area contributed by atoms with E-state index in [-0.39, 0.29) is 29.8 Å². The highest BCUT2D eigenvalue weighted by molar-refractivity contribution is 7.93. The summed E-state index contributed by atoms with van der Waals surface area (Å²) < 4.78 is 40.4. The molecule has 3 N–H and O–H groups in total. The van der Waals surface area contributed by atoms with E-state index >= 15 is 0 Å². The Bertz CT molecular complexity index is 821. The summed E-state index contributed by atoms with van der Waals surface area (Å²) in [4.78, 5) is -0.328. The van der Waals surface area contributed by atoms with Crippen molar-refractivity contribution in [3.63, 3.8) is 0 Å². The van der Waals surface area contributed by atoms with Gasteiger partial charge in [0.1, 0.15) is 20.0 Å². The number of hydrogen-bond acceptors (Lipinski definition) is 4. The Morgan fingerprint density at radius 1 is 1.33 bits per heavy atom. The van der Waals surface area contributed by atoms with E-state index in [1.807, 2.05) is 0 Å². The van der Waals surface area contributed by atoms with Gasteiger partial charge in [0.25, 0.3) is 10.0 Å². The van der Waals surface area contributed by atoms with Crippen LogP contribution < -0.4 is 10.5 Å². The van der Waals surface area contributed by atoms with Gasteiger partial charge in [-0.3, -0.25) is 4.72 Å². The third kappa shape index (κ3) is 3.64. The highest BCUT2D eigenvalue weighted by Crippen LogP contribution is 2.35. The smallest absolute Gasteiger partial charge is 0.264 e. The van der Waals surface area contributed by atoms with Crippen LogP contribution in [0.25, 0.3) is 0 Å². The van der Waals surface area contributed by atoms with E-state index in [4.69, 9.17) is 41.2 Å². The fourth-order valence-corrected chi connectivity index (χ4v) is 4.85. The summed E-state index contributed by atoms with van der Waals surface area (Å²) >= 11 is 17.2. The molecule has 0 aliphatic rings. The van der Waals surface area contributed by atoms with E-state index in [0.29, 0.717) is 0 Å². The van der Waals surface area contributed by atoms with Gasteiger partial charge in [-0.1, -0.05) is 35.4 Å². The van der Waals surface area contributed by atoms with Crippen molar-refractivity contribution in [2.75, 3.05) is 4.72 Å². The van der Waals surface area contributed by atoms with Crippen molar-refractivity contribution in [2.45, 2.75) is 4.90 Å². The minimum Gasteiger partial charge on any atom is -0.389 e. The third-order valence-corrected chi connectivity index (χ3v) is 5.75. The van der Waals surface area contributed by atoms with Gasteiger partial charge in [0, 0.05) is 11.3 Å². The zero-order valence-electron chi connectivity index (χ0n) is 10.1. The molecule has 0 aliphatic heterocycles. The number of hydrogen-bond donors (Lipinski definition) is 2. The number of benzene rings is 1. The van der Waals surface area contributed by atoms with Crippen LogP contribution in [-0.4, -0.2) is 13.4 Å². The van der Waals surface area contributed by atoms with Crippen LogP contribution in [0.15, 0.2) is 29.2 Å². The van der Waals surface area contributed by atoms with E-state index in [9.17, 15) is 12.8 Å². The molecule has 0 saturated carbocycles. The zero-order valence-corrected chi connectivity index (χ0v) is 14.0. The molecule has 0 amide bonds. The molecule has 0 fully saturated rings. The maximum absolute atomic E-state index is 13.5. The van der Waals surface area contributed by atoms with Gasteiger partial charge in [-0.2, -0.15) is 0 Å². The molecule has 0 spiro atoms. The predicted molar refractivity (Wildman–Crippen MR) is 87.4 cm³/mol. The van der Waals surface area contributed by atoms with E-state index in [2.05, 4.69) is 4.72 Å². The van der Waals surface area contributed by atoms with E-state index in [0.717, 1.165) is 17.4 Å². The first-order chi connectivity index (χ1) is 9.70. The summed E-state index contributed by atoms with van der Waals surface area (Å²) in [5, 5.41) is 0. The standard InChI is InChI=1S/C11H7Cl2FN2O2S3/c12-9-4-8(10(13)20-9)21(17,18)16-5-1-2-7(14)6(3-5)11(15)19/h1-4,16H,(H2,15,19). The van der Waals surface area contributed by atoms with Crippen molar-refractivity contribution in [2.24, 2.45) is 5.73 Å². The Labute approximate surface area is 139 Å². The lowest BCUT2D eigenvalue weighted by Gasteiger charge is -2.09. The predicted octanol–water partition coefficient (Wildman–Crippen LogP) is 3.63. The van der Waals surface area contributed by atoms with Gasteiger partial charge in [-0.05, 0) is 24.3 Å². The van der Waals surface area contributed by atoms with Crippen molar-refractivity contribution < 1.29 is 12.8 Å². The summed E-state index contributed by atoms with van der Waals surface area (Å²) in [6.45, 7) is 0. The fourth-order valence-electron chi connectivity index (χ4n) is 1.50. The Morgan fingerprint density at radius 2 is 2.00 bits per heavy atom. The summed E-state index contributed by atoms with van der Waals surface area (Å²) in [7, 11) is -3.94. The van der Waals surface area contributed by atoms with Gasteiger partial charge >= 0.3 is 0 Å². The lowest BCUT2D eigenvalue weighted by molar-refractivity contribution is 0.601. The number of thiocarbonyl (C=S) groups is 1. The average molecular weight is 385 g/mol. The Hall–Kier alpha value is -0.930. The average Bonchev–Trinajstić information content (AvgIpc) is 2.71. The van der Waals surface area contributed by atoms with Crippen LogP contribution in [0.2, 0.25) is 8.67 Å². The number of nitrogens with one attached hydrogen (secondary N) is 1. The molecule has 112 valence electrons. The zero-order chi connectivity index (χ0) is 15.8. The van der Waals surface area contributed by atoms with Crippen LogP contribution in [-0.2, 0) is 10.0 Å². The normalized spacial score (nSPS) is 11.4. The minimum absolute atomic E-state index is 0.0316. The van der Waals surface area contributed by atoms with Crippen LogP contribution >= 0.6 is 46.8 Å². The molecule has 0 radical (unpaired) electrons. The summed E-state index contributed by atoms with van der Waals surface area (Å²) in [6.07, 6.45) is 0. The number of halogens is 3. The second-order valence-electron chi connectivity index (χ2n) is 3.85. The first-order valence-electron chi connectivity index (χ1n) is 5.27. The SMILES string of the molecule is NC(=S)c1cc(NS(=O)(=O)c2cc(Cl)sc2Cl)ccc1F. The van der Waals surface area contributed by atoms with E-state index < -0.39 is 15.8 Å². The summed E-state index contributed by atoms with van der Waals surface area (Å²) in [5.41, 5.74) is 5.42. The van der Waals surface area contributed by atoms with E-state index in [1.165, 1.54) is 18.2 Å². The molecule has 0 unspecified atom stereocenters. The first-order valence-corrected chi connectivity index (χ1v) is 8.74. The fraction of sp³-hybridized carbons (Fsp3) is 0. The highest BCUT2D eigenvalue weighted by Gasteiger charge is 2.21. The molecule has 21 heavy (non-hydrogen) atoms. The van der Waals surface area contributed by atoms with Crippen LogP contribution in [0, 0.1) is 5.82 Å². The van der Waals surface area contributed by atoms with Crippen LogP contribution in [0.3, 0.4) is 0 Å². The topological polar surface area (TPSA) is 72.2 Å². The van der Waals surface area contributed by atoms with Gasteiger partial charge in [0.2, 0.25) is 0 Å². The number of sulfonamides is 1.